The molecule has 0 radical (unpaired) electrons. The van der Waals surface area contributed by atoms with Gasteiger partial charge in [0.15, 0.2) is 5.03 Å². The lowest BCUT2D eigenvalue weighted by Crippen LogP contribution is -2.13. The van der Waals surface area contributed by atoms with Gasteiger partial charge >= 0.3 is 0 Å². The highest BCUT2D eigenvalue weighted by Crippen LogP contribution is 2.25. The van der Waals surface area contributed by atoms with Crippen molar-refractivity contribution in [2.75, 3.05) is 4.72 Å². The lowest BCUT2D eigenvalue weighted by Gasteiger charge is -2.13. The third-order valence-corrected chi connectivity index (χ3v) is 4.78. The Balaban J connectivity index is 1.67. The van der Waals surface area contributed by atoms with E-state index in [4.69, 9.17) is 4.74 Å². The van der Waals surface area contributed by atoms with Crippen LogP contribution in [0.4, 0.5) is 5.69 Å². The molecule has 3 rings (SSSR count). The molecule has 0 atom stereocenters. The number of H-pyrrole nitrogens is 1. The van der Waals surface area contributed by atoms with Crippen molar-refractivity contribution in [1.29, 1.82) is 0 Å². The van der Waals surface area contributed by atoms with Crippen LogP contribution in [0.25, 0.3) is 0 Å². The predicted molar refractivity (Wildman–Crippen MR) is 78.7 cm³/mol. The molecule has 1 fully saturated rings. The monoisotopic (exact) mass is 307 g/mol. The molecule has 1 saturated carbocycles. The first-order valence-electron chi connectivity index (χ1n) is 6.91. The van der Waals surface area contributed by atoms with E-state index in [2.05, 4.69) is 14.7 Å². The lowest BCUT2D eigenvalue weighted by atomic mass is 10.3. The second-order valence-electron chi connectivity index (χ2n) is 5.07. The number of nitrogens with one attached hydrogen (secondary N) is 2. The Morgan fingerprint density at radius 2 is 1.90 bits per heavy atom. The number of ether oxygens (including phenoxy) is 1. The Bertz CT molecular complexity index is 675. The second-order valence-corrected chi connectivity index (χ2v) is 6.72. The average Bonchev–Trinajstić information content (AvgIpc) is 3.13. The zero-order valence-electron chi connectivity index (χ0n) is 11.5. The van der Waals surface area contributed by atoms with Crippen LogP contribution in [0.1, 0.15) is 25.7 Å². The molecule has 1 aromatic carbocycles. The molecule has 1 aromatic heterocycles. The second kappa shape index (κ2) is 5.77. The van der Waals surface area contributed by atoms with Crippen LogP contribution in [0.2, 0.25) is 0 Å². The largest absolute Gasteiger partial charge is 0.490 e. The van der Waals surface area contributed by atoms with Crippen molar-refractivity contribution >= 4 is 15.7 Å². The molecule has 112 valence electrons. The van der Waals surface area contributed by atoms with Crippen molar-refractivity contribution in [3.05, 3.63) is 36.8 Å². The summed E-state index contributed by atoms with van der Waals surface area (Å²) < 4.78 is 32.4. The van der Waals surface area contributed by atoms with Gasteiger partial charge in [0, 0.05) is 5.69 Å². The van der Waals surface area contributed by atoms with Crippen molar-refractivity contribution < 1.29 is 13.2 Å². The number of nitrogens with zero attached hydrogens (tertiary/aromatic N) is 1. The fourth-order valence-corrected chi connectivity index (χ4v) is 3.36. The molecule has 0 saturated heterocycles. The summed E-state index contributed by atoms with van der Waals surface area (Å²) >= 11 is 0. The third-order valence-electron chi connectivity index (χ3n) is 3.47. The minimum atomic E-state index is -3.61. The molecular formula is C14H17N3O3S. The molecule has 0 aliphatic heterocycles. The summed E-state index contributed by atoms with van der Waals surface area (Å²) in [7, 11) is -3.61. The summed E-state index contributed by atoms with van der Waals surface area (Å²) in [4.78, 5) is 6.28. The maximum absolute atomic E-state index is 12.0. The normalized spacial score (nSPS) is 16.0. The average molecular weight is 307 g/mol. The fraction of sp³-hybridized carbons (Fsp3) is 0.357. The van der Waals surface area contributed by atoms with E-state index in [1.807, 2.05) is 0 Å². The first-order chi connectivity index (χ1) is 10.1. The van der Waals surface area contributed by atoms with E-state index in [0.717, 1.165) is 18.6 Å². The Labute approximate surface area is 123 Å². The standard InChI is InChI=1S/C14H17N3O3S/c18-21(19,14-9-15-10-16-14)17-11-5-7-13(8-6-11)20-12-3-1-2-4-12/h5-10,12,17H,1-4H2,(H,15,16). The van der Waals surface area contributed by atoms with Crippen LogP contribution in [-0.4, -0.2) is 24.5 Å². The minimum absolute atomic E-state index is 0.0359. The number of aromatic nitrogens is 2. The van der Waals surface area contributed by atoms with Crippen LogP contribution in [0.3, 0.4) is 0 Å². The summed E-state index contributed by atoms with van der Waals surface area (Å²) in [6.07, 6.45) is 7.49. The van der Waals surface area contributed by atoms with Gasteiger partial charge in [-0.05, 0) is 49.9 Å². The highest BCUT2D eigenvalue weighted by Gasteiger charge is 2.17. The summed E-state index contributed by atoms with van der Waals surface area (Å²) in [6, 6.07) is 6.95. The number of sulfonamides is 1. The number of hydrogen-bond acceptors (Lipinski definition) is 4. The van der Waals surface area contributed by atoms with Crippen molar-refractivity contribution in [2.24, 2.45) is 0 Å². The van der Waals surface area contributed by atoms with Crippen LogP contribution in [0.5, 0.6) is 5.75 Å². The van der Waals surface area contributed by atoms with Crippen molar-refractivity contribution in [3.63, 3.8) is 0 Å². The molecule has 21 heavy (non-hydrogen) atoms. The summed E-state index contributed by atoms with van der Waals surface area (Å²) in [6.45, 7) is 0. The lowest BCUT2D eigenvalue weighted by molar-refractivity contribution is 0.210. The molecular weight excluding hydrogens is 290 g/mol. The van der Waals surface area contributed by atoms with Crippen LogP contribution in [0.15, 0.2) is 41.8 Å². The number of imidazole rings is 1. The highest BCUT2D eigenvalue weighted by atomic mass is 32.2. The van der Waals surface area contributed by atoms with Gasteiger partial charge in [-0.25, -0.2) is 4.98 Å². The Morgan fingerprint density at radius 1 is 1.19 bits per heavy atom. The van der Waals surface area contributed by atoms with Gasteiger partial charge in [0.05, 0.1) is 18.6 Å². The number of hydrogen-bond donors (Lipinski definition) is 2. The predicted octanol–water partition coefficient (Wildman–Crippen LogP) is 2.53. The van der Waals surface area contributed by atoms with Crippen LogP contribution >= 0.6 is 0 Å². The van der Waals surface area contributed by atoms with Crippen molar-refractivity contribution in [2.45, 2.75) is 36.8 Å². The van der Waals surface area contributed by atoms with Crippen molar-refractivity contribution in [3.8, 4) is 5.75 Å². The molecule has 2 aromatic rings. The summed E-state index contributed by atoms with van der Waals surface area (Å²) in [5.41, 5.74) is 0.489. The third kappa shape index (κ3) is 3.36. The van der Waals surface area contributed by atoms with Crippen LogP contribution in [0, 0.1) is 0 Å². The van der Waals surface area contributed by atoms with Gasteiger partial charge in [-0.1, -0.05) is 0 Å². The van der Waals surface area contributed by atoms with E-state index >= 15 is 0 Å². The molecule has 1 aliphatic rings. The minimum Gasteiger partial charge on any atom is -0.490 e. The Morgan fingerprint density at radius 3 is 2.52 bits per heavy atom. The van der Waals surface area contributed by atoms with Crippen molar-refractivity contribution in [1.82, 2.24) is 9.97 Å². The molecule has 1 heterocycles. The smallest absolute Gasteiger partial charge is 0.278 e. The zero-order valence-corrected chi connectivity index (χ0v) is 12.3. The molecule has 1 aliphatic carbocycles. The van der Waals surface area contributed by atoms with Gasteiger partial charge in [-0.2, -0.15) is 8.42 Å². The zero-order chi connectivity index (χ0) is 14.7. The molecule has 2 N–H and O–H groups in total. The van der Waals surface area contributed by atoms with Gasteiger partial charge in [-0.15, -0.1) is 0 Å². The SMILES string of the molecule is O=S(=O)(Nc1ccc(OC2CCCC2)cc1)c1cnc[nH]1. The number of aromatic amines is 1. The number of anilines is 1. The molecule has 0 amide bonds. The maximum atomic E-state index is 12.0. The molecule has 0 unspecified atom stereocenters. The first-order valence-corrected chi connectivity index (χ1v) is 8.40. The summed E-state index contributed by atoms with van der Waals surface area (Å²) in [5.74, 6) is 0.770. The molecule has 0 bridgehead atoms. The van der Waals surface area contributed by atoms with Gasteiger partial charge in [0.25, 0.3) is 10.0 Å². The van der Waals surface area contributed by atoms with E-state index < -0.39 is 10.0 Å². The fourth-order valence-electron chi connectivity index (χ4n) is 2.40. The first kappa shape index (κ1) is 13.9. The van der Waals surface area contributed by atoms with Gasteiger partial charge in [0.2, 0.25) is 0 Å². The Hall–Kier alpha value is -2.02. The summed E-state index contributed by atoms with van der Waals surface area (Å²) in [5, 5.41) is 0.0359. The van der Waals surface area contributed by atoms with Gasteiger partial charge in [0.1, 0.15) is 5.75 Å². The van der Waals surface area contributed by atoms with Crippen LogP contribution < -0.4 is 9.46 Å². The molecule has 6 nitrogen and oxygen atoms in total. The maximum Gasteiger partial charge on any atom is 0.278 e. The number of benzene rings is 1. The van der Waals surface area contributed by atoms with E-state index in [9.17, 15) is 8.42 Å². The molecule has 0 spiro atoms. The Kier molecular flexibility index (Phi) is 3.83. The number of rotatable bonds is 5. The highest BCUT2D eigenvalue weighted by molar-refractivity contribution is 7.92. The van der Waals surface area contributed by atoms with Gasteiger partial charge < -0.3 is 9.72 Å². The topological polar surface area (TPSA) is 84.1 Å². The van der Waals surface area contributed by atoms with Gasteiger partial charge in [-0.3, -0.25) is 4.72 Å². The van der Waals surface area contributed by atoms with E-state index in [0.29, 0.717) is 5.69 Å². The van der Waals surface area contributed by atoms with E-state index in [-0.39, 0.29) is 11.1 Å². The van der Waals surface area contributed by atoms with E-state index in [1.165, 1.54) is 25.4 Å². The van der Waals surface area contributed by atoms with E-state index in [1.54, 1.807) is 24.3 Å². The molecule has 7 heteroatoms. The quantitative estimate of drug-likeness (QED) is 0.889. The van der Waals surface area contributed by atoms with Crippen LogP contribution in [-0.2, 0) is 10.0 Å².